The number of methoxy groups -OCH3 is 1. The number of hydrogen-bond donors (Lipinski definition) is 2. The lowest BCUT2D eigenvalue weighted by molar-refractivity contribution is -0.119. The summed E-state index contributed by atoms with van der Waals surface area (Å²) < 4.78 is 7.13. The molecule has 2 N–H and O–H groups in total. The van der Waals surface area contributed by atoms with Crippen LogP contribution in [0.1, 0.15) is 29.0 Å². The molecule has 5 rings (SSSR count). The SMILES string of the molecule is COCC(=O)Nc1ccc(N2C(=S)N[C@H](c3ccccn3)[C@@H]2c2cccn2-c2ccccc2C)cc1. The predicted octanol–water partition coefficient (Wildman–Crippen LogP) is 4.94. The van der Waals surface area contributed by atoms with Gasteiger partial charge in [-0.25, -0.2) is 0 Å². The second kappa shape index (κ2) is 10.3. The first-order chi connectivity index (χ1) is 17.6. The fraction of sp³-hybridized carbons (Fsp3) is 0.179. The van der Waals surface area contributed by atoms with Crippen LogP contribution in [0, 0.1) is 6.92 Å². The Labute approximate surface area is 215 Å². The molecule has 182 valence electrons. The highest BCUT2D eigenvalue weighted by Gasteiger charge is 2.42. The Morgan fingerprint density at radius 1 is 1.06 bits per heavy atom. The van der Waals surface area contributed by atoms with Crippen molar-refractivity contribution in [1.82, 2.24) is 14.9 Å². The first kappa shape index (κ1) is 23.7. The molecule has 4 aromatic rings. The molecule has 7 nitrogen and oxygen atoms in total. The van der Waals surface area contributed by atoms with Gasteiger partial charge in [0.1, 0.15) is 12.6 Å². The van der Waals surface area contributed by atoms with Crippen LogP contribution >= 0.6 is 12.2 Å². The lowest BCUT2D eigenvalue weighted by Gasteiger charge is -2.29. The molecular formula is C28H27N5O2S. The van der Waals surface area contributed by atoms with Gasteiger partial charge < -0.3 is 24.8 Å². The Balaban J connectivity index is 1.57. The largest absolute Gasteiger partial charge is 0.375 e. The van der Waals surface area contributed by atoms with Gasteiger partial charge >= 0.3 is 0 Å². The number of aromatic nitrogens is 2. The molecule has 0 saturated carbocycles. The van der Waals surface area contributed by atoms with E-state index in [-0.39, 0.29) is 24.6 Å². The summed E-state index contributed by atoms with van der Waals surface area (Å²) in [6.45, 7) is 2.12. The summed E-state index contributed by atoms with van der Waals surface area (Å²) in [5.74, 6) is -0.201. The van der Waals surface area contributed by atoms with Gasteiger partial charge in [0.25, 0.3) is 0 Å². The van der Waals surface area contributed by atoms with Gasteiger partial charge in [-0.15, -0.1) is 0 Å². The molecule has 0 bridgehead atoms. The standard InChI is InChI=1S/C28H27N5O2S/c1-19-8-3-4-10-23(19)32-17-7-11-24(32)27-26(22-9-5-6-16-29-22)31-28(36)33(27)21-14-12-20(13-15-21)30-25(34)18-35-2/h3-17,26-27H,18H2,1-2H3,(H,30,34)(H,31,36)/t26-,27+/m1/s1. The van der Waals surface area contributed by atoms with Gasteiger partial charge in [0.05, 0.1) is 11.7 Å². The van der Waals surface area contributed by atoms with E-state index in [4.69, 9.17) is 17.0 Å². The third-order valence-corrected chi connectivity index (χ3v) is 6.58. The summed E-state index contributed by atoms with van der Waals surface area (Å²) in [5, 5.41) is 6.96. The van der Waals surface area contributed by atoms with Crippen LogP contribution in [0.4, 0.5) is 11.4 Å². The van der Waals surface area contributed by atoms with Crippen molar-refractivity contribution in [2.75, 3.05) is 23.9 Å². The van der Waals surface area contributed by atoms with Gasteiger partial charge in [0, 0.05) is 42.3 Å². The first-order valence-corrected chi connectivity index (χ1v) is 12.1. The van der Waals surface area contributed by atoms with Gasteiger partial charge in [0.15, 0.2) is 5.11 Å². The van der Waals surface area contributed by atoms with Gasteiger partial charge in [-0.1, -0.05) is 24.3 Å². The van der Waals surface area contributed by atoms with Crippen LogP contribution in [0.5, 0.6) is 0 Å². The number of carbonyl (C=O) groups is 1. The second-order valence-corrected chi connectivity index (χ2v) is 9.00. The molecule has 1 fully saturated rings. The highest BCUT2D eigenvalue weighted by molar-refractivity contribution is 7.80. The number of thiocarbonyl (C=S) groups is 1. The van der Waals surface area contributed by atoms with Crippen LogP contribution < -0.4 is 15.5 Å². The highest BCUT2D eigenvalue weighted by atomic mass is 32.1. The molecule has 0 radical (unpaired) electrons. The zero-order chi connectivity index (χ0) is 25.1. The number of aryl methyl sites for hydroxylation is 1. The Kier molecular flexibility index (Phi) is 6.79. The van der Waals surface area contributed by atoms with Crippen molar-refractivity contribution in [2.45, 2.75) is 19.0 Å². The van der Waals surface area contributed by atoms with Crippen LogP contribution in [0.25, 0.3) is 5.69 Å². The van der Waals surface area contributed by atoms with Crippen molar-refractivity contribution < 1.29 is 9.53 Å². The summed E-state index contributed by atoms with van der Waals surface area (Å²) in [5.41, 5.74) is 5.91. The maximum atomic E-state index is 11.9. The minimum atomic E-state index is -0.201. The Morgan fingerprint density at radius 3 is 2.56 bits per heavy atom. The summed E-state index contributed by atoms with van der Waals surface area (Å²) in [6, 6.07) is 25.8. The average molecular weight is 498 g/mol. The monoisotopic (exact) mass is 497 g/mol. The lowest BCUT2D eigenvalue weighted by Crippen LogP contribution is -2.30. The quantitative estimate of drug-likeness (QED) is 0.353. The number of pyridine rings is 1. The topological polar surface area (TPSA) is 71.4 Å². The minimum absolute atomic E-state index is 0.00556. The molecule has 1 aliphatic rings. The highest BCUT2D eigenvalue weighted by Crippen LogP contribution is 2.42. The number of hydrogen-bond acceptors (Lipinski definition) is 4. The fourth-order valence-electron chi connectivity index (χ4n) is 4.66. The molecule has 1 aliphatic heterocycles. The molecule has 2 atom stereocenters. The Morgan fingerprint density at radius 2 is 1.83 bits per heavy atom. The number of ether oxygens (including phenoxy) is 1. The van der Waals surface area contributed by atoms with Crippen LogP contribution in [0.3, 0.4) is 0 Å². The second-order valence-electron chi connectivity index (χ2n) is 8.61. The summed E-state index contributed by atoms with van der Waals surface area (Å²) in [7, 11) is 1.49. The molecule has 0 unspecified atom stereocenters. The van der Waals surface area contributed by atoms with Crippen molar-refractivity contribution >= 4 is 34.6 Å². The predicted molar refractivity (Wildman–Crippen MR) is 145 cm³/mol. The van der Waals surface area contributed by atoms with Crippen LogP contribution in [-0.2, 0) is 9.53 Å². The molecule has 3 heterocycles. The minimum Gasteiger partial charge on any atom is -0.375 e. The third kappa shape index (κ3) is 4.60. The van der Waals surface area contributed by atoms with E-state index in [1.807, 2.05) is 54.6 Å². The van der Waals surface area contributed by atoms with E-state index in [0.29, 0.717) is 10.8 Å². The summed E-state index contributed by atoms with van der Waals surface area (Å²) >= 11 is 5.87. The zero-order valence-electron chi connectivity index (χ0n) is 20.1. The summed E-state index contributed by atoms with van der Waals surface area (Å²) in [4.78, 5) is 18.7. The van der Waals surface area contributed by atoms with E-state index in [9.17, 15) is 4.79 Å². The molecule has 2 aromatic heterocycles. The van der Waals surface area contributed by atoms with Crippen LogP contribution in [-0.4, -0.2) is 34.3 Å². The number of carbonyl (C=O) groups excluding carboxylic acids is 1. The summed E-state index contributed by atoms with van der Waals surface area (Å²) in [6.07, 6.45) is 3.89. The number of para-hydroxylation sites is 1. The zero-order valence-corrected chi connectivity index (χ0v) is 20.9. The molecule has 1 saturated heterocycles. The molecule has 2 aromatic carbocycles. The molecule has 0 spiro atoms. The molecular weight excluding hydrogens is 470 g/mol. The first-order valence-electron chi connectivity index (χ1n) is 11.7. The fourth-order valence-corrected chi connectivity index (χ4v) is 5.00. The average Bonchev–Trinajstić information content (AvgIpc) is 3.50. The number of rotatable bonds is 7. The number of anilines is 2. The van der Waals surface area contributed by atoms with E-state index in [1.54, 1.807) is 6.20 Å². The van der Waals surface area contributed by atoms with E-state index in [1.165, 1.54) is 12.7 Å². The van der Waals surface area contributed by atoms with Gasteiger partial charge in [0.2, 0.25) is 5.91 Å². The molecule has 8 heteroatoms. The van der Waals surface area contributed by atoms with Crippen molar-refractivity contribution in [3.63, 3.8) is 0 Å². The van der Waals surface area contributed by atoms with Crippen molar-refractivity contribution in [3.05, 3.63) is 108 Å². The Hall–Kier alpha value is -4.01. The van der Waals surface area contributed by atoms with E-state index in [2.05, 4.69) is 62.5 Å². The normalized spacial score (nSPS) is 17.2. The van der Waals surface area contributed by atoms with Crippen LogP contribution in [0.15, 0.2) is 91.3 Å². The number of nitrogens with zero attached hydrogens (tertiary/aromatic N) is 3. The van der Waals surface area contributed by atoms with Gasteiger partial charge in [-0.2, -0.15) is 0 Å². The van der Waals surface area contributed by atoms with E-state index < -0.39 is 0 Å². The maximum absolute atomic E-state index is 11.9. The van der Waals surface area contributed by atoms with Gasteiger partial charge in [-0.3, -0.25) is 9.78 Å². The molecule has 1 amide bonds. The lowest BCUT2D eigenvalue weighted by atomic mass is 10.0. The van der Waals surface area contributed by atoms with Crippen molar-refractivity contribution in [3.8, 4) is 5.69 Å². The van der Waals surface area contributed by atoms with Crippen molar-refractivity contribution in [2.24, 2.45) is 0 Å². The van der Waals surface area contributed by atoms with E-state index >= 15 is 0 Å². The van der Waals surface area contributed by atoms with Crippen molar-refractivity contribution in [1.29, 1.82) is 0 Å². The van der Waals surface area contributed by atoms with Crippen LogP contribution in [0.2, 0.25) is 0 Å². The molecule has 0 aliphatic carbocycles. The maximum Gasteiger partial charge on any atom is 0.250 e. The number of amides is 1. The van der Waals surface area contributed by atoms with E-state index in [0.717, 1.165) is 22.8 Å². The number of nitrogens with one attached hydrogen (secondary N) is 2. The Bertz CT molecular complexity index is 1370. The third-order valence-electron chi connectivity index (χ3n) is 6.26. The van der Waals surface area contributed by atoms with Gasteiger partial charge in [-0.05, 0) is 79.3 Å². The molecule has 36 heavy (non-hydrogen) atoms. The smallest absolute Gasteiger partial charge is 0.250 e. The number of benzene rings is 2.